The summed E-state index contributed by atoms with van der Waals surface area (Å²) < 4.78 is 22.9. The summed E-state index contributed by atoms with van der Waals surface area (Å²) >= 11 is 0. The van der Waals surface area contributed by atoms with Gasteiger partial charge in [0.2, 0.25) is 0 Å². The van der Waals surface area contributed by atoms with Crippen molar-refractivity contribution in [3.8, 4) is 0 Å². The molecule has 19 heavy (non-hydrogen) atoms. The highest BCUT2D eigenvalue weighted by molar-refractivity contribution is 7.94. The summed E-state index contributed by atoms with van der Waals surface area (Å²) in [7, 11) is -3.67. The standard InChI is InChI=1S/C13H15NO4S/c1-13(2)12(16)14(19(13,17)18)9-11(15)8-10-6-4-3-5-7-10/h3-7H,8-9H2,1-2H3. The van der Waals surface area contributed by atoms with Gasteiger partial charge in [-0.05, 0) is 19.4 Å². The number of carbonyl (C=O) groups is 2. The number of Topliss-reactive ketones (excluding diaryl/α,β-unsaturated/α-hetero) is 1. The lowest BCUT2D eigenvalue weighted by molar-refractivity contribution is -0.135. The lowest BCUT2D eigenvalue weighted by Gasteiger charge is -2.42. The second-order valence-electron chi connectivity index (χ2n) is 5.03. The van der Waals surface area contributed by atoms with Gasteiger partial charge in [-0.25, -0.2) is 12.7 Å². The molecule has 1 heterocycles. The van der Waals surface area contributed by atoms with Gasteiger partial charge in [0, 0.05) is 6.42 Å². The molecular formula is C13H15NO4S. The summed E-state index contributed by atoms with van der Waals surface area (Å²) in [4.78, 5) is 23.5. The normalized spacial score (nSPS) is 19.9. The first-order valence-electron chi connectivity index (χ1n) is 5.89. The Morgan fingerprint density at radius 2 is 1.79 bits per heavy atom. The van der Waals surface area contributed by atoms with Crippen molar-refractivity contribution < 1.29 is 18.0 Å². The average molecular weight is 281 g/mol. The molecule has 0 radical (unpaired) electrons. The Morgan fingerprint density at radius 1 is 1.21 bits per heavy atom. The highest BCUT2D eigenvalue weighted by atomic mass is 32.2. The molecule has 1 aliphatic rings. The molecule has 0 atom stereocenters. The minimum atomic E-state index is -3.67. The number of sulfonamides is 1. The third-order valence-corrected chi connectivity index (χ3v) is 5.58. The van der Waals surface area contributed by atoms with E-state index in [0.717, 1.165) is 5.56 Å². The van der Waals surface area contributed by atoms with Crippen LogP contribution in [0.1, 0.15) is 19.4 Å². The van der Waals surface area contributed by atoms with Gasteiger partial charge in [-0.1, -0.05) is 30.3 Å². The number of ketones is 1. The third kappa shape index (κ3) is 2.16. The Hall–Kier alpha value is -1.69. The van der Waals surface area contributed by atoms with Crippen LogP contribution in [-0.4, -0.2) is 35.7 Å². The maximum absolute atomic E-state index is 11.8. The van der Waals surface area contributed by atoms with Crippen LogP contribution in [0.5, 0.6) is 0 Å². The Morgan fingerprint density at radius 3 is 2.32 bits per heavy atom. The molecule has 1 aromatic rings. The summed E-state index contributed by atoms with van der Waals surface area (Å²) in [5.74, 6) is -0.812. The molecule has 1 amide bonds. The van der Waals surface area contributed by atoms with E-state index in [2.05, 4.69) is 0 Å². The van der Waals surface area contributed by atoms with Gasteiger partial charge >= 0.3 is 0 Å². The van der Waals surface area contributed by atoms with E-state index in [0.29, 0.717) is 4.31 Å². The zero-order valence-corrected chi connectivity index (χ0v) is 11.6. The van der Waals surface area contributed by atoms with Crippen molar-refractivity contribution in [2.24, 2.45) is 0 Å². The molecule has 0 aromatic heterocycles. The Labute approximate surface area is 112 Å². The Kier molecular flexibility index (Phi) is 3.22. The largest absolute Gasteiger partial charge is 0.297 e. The van der Waals surface area contributed by atoms with Crippen molar-refractivity contribution in [2.75, 3.05) is 6.54 Å². The maximum Gasteiger partial charge on any atom is 0.259 e. The lowest BCUT2D eigenvalue weighted by Crippen LogP contribution is -2.68. The van der Waals surface area contributed by atoms with Crippen LogP contribution in [0.4, 0.5) is 0 Å². The van der Waals surface area contributed by atoms with Gasteiger partial charge in [-0.3, -0.25) is 9.59 Å². The molecule has 102 valence electrons. The van der Waals surface area contributed by atoms with Gasteiger partial charge in [0.1, 0.15) is 0 Å². The SMILES string of the molecule is CC1(C)C(=O)N(CC(=O)Cc2ccccc2)S1(=O)=O. The number of carbonyl (C=O) groups excluding carboxylic acids is 2. The topological polar surface area (TPSA) is 71.5 Å². The van der Waals surface area contributed by atoms with Crippen LogP contribution >= 0.6 is 0 Å². The highest BCUT2D eigenvalue weighted by Crippen LogP contribution is 2.34. The number of rotatable bonds is 4. The van der Waals surface area contributed by atoms with Crippen LogP contribution in [0.15, 0.2) is 30.3 Å². The molecule has 1 saturated heterocycles. The number of hydrogen-bond donors (Lipinski definition) is 0. The molecule has 0 aliphatic carbocycles. The van der Waals surface area contributed by atoms with E-state index in [4.69, 9.17) is 0 Å². The molecular weight excluding hydrogens is 266 g/mol. The van der Waals surface area contributed by atoms with E-state index in [9.17, 15) is 18.0 Å². The van der Waals surface area contributed by atoms with Crippen molar-refractivity contribution in [1.29, 1.82) is 0 Å². The molecule has 0 spiro atoms. The number of benzene rings is 1. The van der Waals surface area contributed by atoms with Crippen molar-refractivity contribution >= 4 is 21.7 Å². The van der Waals surface area contributed by atoms with Crippen LogP contribution in [0.3, 0.4) is 0 Å². The number of nitrogens with zero attached hydrogens (tertiary/aromatic N) is 1. The summed E-state index contributed by atoms with van der Waals surface area (Å²) in [6.45, 7) is 2.32. The van der Waals surface area contributed by atoms with Crippen molar-refractivity contribution in [3.63, 3.8) is 0 Å². The summed E-state index contributed by atoms with van der Waals surface area (Å²) in [6, 6.07) is 9.01. The van der Waals surface area contributed by atoms with Crippen LogP contribution in [0, 0.1) is 0 Å². The monoisotopic (exact) mass is 281 g/mol. The van der Waals surface area contributed by atoms with Gasteiger partial charge in [-0.15, -0.1) is 0 Å². The van der Waals surface area contributed by atoms with Gasteiger partial charge in [0.25, 0.3) is 15.9 Å². The summed E-state index contributed by atoms with van der Waals surface area (Å²) in [5, 5.41) is 0. The first kappa shape index (κ1) is 13.7. The van der Waals surface area contributed by atoms with E-state index < -0.39 is 20.7 Å². The quantitative estimate of drug-likeness (QED) is 0.816. The van der Waals surface area contributed by atoms with E-state index >= 15 is 0 Å². The molecule has 0 unspecified atom stereocenters. The average Bonchev–Trinajstić information content (AvgIpc) is 2.36. The Balaban J connectivity index is 2.04. The molecule has 0 saturated carbocycles. The van der Waals surface area contributed by atoms with Gasteiger partial charge in [0.05, 0.1) is 6.54 Å². The fourth-order valence-electron chi connectivity index (χ4n) is 1.95. The fourth-order valence-corrected chi connectivity index (χ4v) is 3.46. The van der Waals surface area contributed by atoms with Gasteiger partial charge in [0.15, 0.2) is 10.5 Å². The summed E-state index contributed by atoms with van der Waals surface area (Å²) in [5.41, 5.74) is 0.803. The van der Waals surface area contributed by atoms with Crippen molar-refractivity contribution in [3.05, 3.63) is 35.9 Å². The fraction of sp³-hybridized carbons (Fsp3) is 0.385. The molecule has 0 N–H and O–H groups in total. The minimum absolute atomic E-state index is 0.126. The minimum Gasteiger partial charge on any atom is -0.297 e. The second kappa shape index (κ2) is 4.45. The maximum atomic E-state index is 11.8. The predicted molar refractivity (Wildman–Crippen MR) is 69.9 cm³/mol. The zero-order chi connectivity index (χ0) is 14.3. The van der Waals surface area contributed by atoms with E-state index in [-0.39, 0.29) is 18.7 Å². The predicted octanol–water partition coefficient (Wildman–Crippen LogP) is 0.749. The van der Waals surface area contributed by atoms with Gasteiger partial charge < -0.3 is 0 Å². The Bertz CT molecular complexity index is 619. The molecule has 6 heteroatoms. The first-order chi connectivity index (χ1) is 8.76. The van der Waals surface area contributed by atoms with Crippen molar-refractivity contribution in [2.45, 2.75) is 25.0 Å². The van der Waals surface area contributed by atoms with E-state index in [1.54, 1.807) is 24.3 Å². The first-order valence-corrected chi connectivity index (χ1v) is 7.33. The molecule has 1 fully saturated rings. The summed E-state index contributed by atoms with van der Waals surface area (Å²) in [6.07, 6.45) is 0.126. The van der Waals surface area contributed by atoms with Crippen LogP contribution in [-0.2, 0) is 26.0 Å². The molecule has 0 bridgehead atoms. The highest BCUT2D eigenvalue weighted by Gasteiger charge is 2.60. The second-order valence-corrected chi connectivity index (χ2v) is 7.44. The van der Waals surface area contributed by atoms with Gasteiger partial charge in [-0.2, -0.15) is 0 Å². The molecule has 2 rings (SSSR count). The van der Waals surface area contributed by atoms with E-state index in [1.165, 1.54) is 13.8 Å². The van der Waals surface area contributed by atoms with Crippen LogP contribution in [0.2, 0.25) is 0 Å². The number of amides is 1. The van der Waals surface area contributed by atoms with Crippen molar-refractivity contribution in [1.82, 2.24) is 4.31 Å². The van der Waals surface area contributed by atoms with Crippen LogP contribution < -0.4 is 0 Å². The molecule has 1 aliphatic heterocycles. The third-order valence-electron chi connectivity index (χ3n) is 3.24. The van der Waals surface area contributed by atoms with E-state index in [1.807, 2.05) is 6.07 Å². The number of hydrogen-bond acceptors (Lipinski definition) is 4. The molecule has 1 aromatic carbocycles. The van der Waals surface area contributed by atoms with Crippen LogP contribution in [0.25, 0.3) is 0 Å². The smallest absolute Gasteiger partial charge is 0.259 e. The lowest BCUT2D eigenvalue weighted by atomic mass is 10.1. The molecule has 5 nitrogen and oxygen atoms in total. The zero-order valence-electron chi connectivity index (χ0n) is 10.8.